The van der Waals surface area contributed by atoms with Crippen molar-refractivity contribution in [3.63, 3.8) is 0 Å². The highest BCUT2D eigenvalue weighted by atomic mass is 32.1. The van der Waals surface area contributed by atoms with E-state index in [1.54, 1.807) is 0 Å². The Kier molecular flexibility index (Phi) is 5.07. The zero-order chi connectivity index (χ0) is 16.2. The summed E-state index contributed by atoms with van der Waals surface area (Å²) >= 11 is 1.50. The largest absolute Gasteiger partial charge is 0.337 e. The van der Waals surface area contributed by atoms with E-state index in [1.807, 2.05) is 41.9 Å². The highest BCUT2D eigenvalue weighted by Crippen LogP contribution is 2.20. The van der Waals surface area contributed by atoms with Crippen molar-refractivity contribution in [2.75, 3.05) is 32.7 Å². The Balaban J connectivity index is 1.55. The van der Waals surface area contributed by atoms with Crippen molar-refractivity contribution in [2.45, 2.75) is 26.8 Å². The fraction of sp³-hybridized carbons (Fsp3) is 0.562. The van der Waals surface area contributed by atoms with Crippen molar-refractivity contribution in [2.24, 2.45) is 0 Å². The van der Waals surface area contributed by atoms with Gasteiger partial charge in [0.05, 0.1) is 17.2 Å². The molecule has 1 saturated heterocycles. The molecule has 0 N–H and O–H groups in total. The maximum atomic E-state index is 12.7. The topological polar surface area (TPSA) is 54.3 Å². The van der Waals surface area contributed by atoms with E-state index in [0.717, 1.165) is 61.3 Å². The van der Waals surface area contributed by atoms with Crippen LogP contribution in [0.4, 0.5) is 0 Å². The SMILES string of the molecule is Cc1nc(C)c(C(=O)N2CCCN(CCn3cccn3)CC2)s1. The minimum absolute atomic E-state index is 0.141. The molecule has 124 valence electrons. The first kappa shape index (κ1) is 16.1. The summed E-state index contributed by atoms with van der Waals surface area (Å²) in [7, 11) is 0. The first-order valence-corrected chi connectivity index (χ1v) is 8.88. The molecule has 6 nitrogen and oxygen atoms in total. The number of aromatic nitrogens is 3. The number of hydrogen-bond acceptors (Lipinski definition) is 5. The Morgan fingerprint density at radius 2 is 2.09 bits per heavy atom. The Hall–Kier alpha value is -1.73. The molecule has 0 bridgehead atoms. The molecule has 0 radical (unpaired) electrons. The molecule has 2 aromatic rings. The summed E-state index contributed by atoms with van der Waals surface area (Å²) < 4.78 is 1.96. The van der Waals surface area contributed by atoms with E-state index < -0.39 is 0 Å². The lowest BCUT2D eigenvalue weighted by atomic mass is 10.3. The zero-order valence-electron chi connectivity index (χ0n) is 13.7. The van der Waals surface area contributed by atoms with E-state index in [9.17, 15) is 4.79 Å². The van der Waals surface area contributed by atoms with Crippen LogP contribution in [0.15, 0.2) is 18.5 Å². The second kappa shape index (κ2) is 7.23. The number of thiazole rings is 1. The molecule has 3 rings (SSSR count). The van der Waals surface area contributed by atoms with Crippen LogP contribution in [-0.2, 0) is 6.54 Å². The van der Waals surface area contributed by atoms with Crippen LogP contribution in [0.25, 0.3) is 0 Å². The van der Waals surface area contributed by atoms with Crippen LogP contribution < -0.4 is 0 Å². The van der Waals surface area contributed by atoms with Gasteiger partial charge in [0.1, 0.15) is 4.88 Å². The fourth-order valence-electron chi connectivity index (χ4n) is 2.95. The van der Waals surface area contributed by atoms with Gasteiger partial charge in [-0.2, -0.15) is 5.10 Å². The van der Waals surface area contributed by atoms with Crippen molar-refractivity contribution >= 4 is 17.2 Å². The molecule has 23 heavy (non-hydrogen) atoms. The number of aryl methyl sites for hydroxylation is 2. The van der Waals surface area contributed by atoms with Crippen molar-refractivity contribution in [1.29, 1.82) is 0 Å². The van der Waals surface area contributed by atoms with Crippen molar-refractivity contribution in [3.05, 3.63) is 34.0 Å². The lowest BCUT2D eigenvalue weighted by Crippen LogP contribution is -2.36. The van der Waals surface area contributed by atoms with Gasteiger partial charge in [-0.3, -0.25) is 14.4 Å². The number of carbonyl (C=O) groups excluding carboxylic acids is 1. The monoisotopic (exact) mass is 333 g/mol. The van der Waals surface area contributed by atoms with Gasteiger partial charge in [-0.15, -0.1) is 11.3 Å². The predicted octanol–water partition coefficient (Wildman–Crippen LogP) is 1.80. The smallest absolute Gasteiger partial charge is 0.265 e. The molecule has 3 heterocycles. The molecular weight excluding hydrogens is 310 g/mol. The van der Waals surface area contributed by atoms with Gasteiger partial charge >= 0.3 is 0 Å². The van der Waals surface area contributed by atoms with Gasteiger partial charge in [-0.25, -0.2) is 4.98 Å². The maximum absolute atomic E-state index is 12.7. The van der Waals surface area contributed by atoms with Crippen molar-refractivity contribution in [3.8, 4) is 0 Å². The Labute approximate surface area is 140 Å². The molecule has 0 unspecified atom stereocenters. The Morgan fingerprint density at radius 3 is 2.78 bits per heavy atom. The lowest BCUT2D eigenvalue weighted by molar-refractivity contribution is 0.0765. The summed E-state index contributed by atoms with van der Waals surface area (Å²) in [6, 6.07) is 1.95. The van der Waals surface area contributed by atoms with Crippen molar-refractivity contribution < 1.29 is 4.79 Å². The van der Waals surface area contributed by atoms with Gasteiger partial charge in [0, 0.05) is 38.6 Å². The summed E-state index contributed by atoms with van der Waals surface area (Å²) in [5.74, 6) is 0.141. The minimum atomic E-state index is 0.141. The van der Waals surface area contributed by atoms with Crippen LogP contribution in [0, 0.1) is 13.8 Å². The van der Waals surface area contributed by atoms with E-state index in [4.69, 9.17) is 0 Å². The molecule has 1 amide bonds. The molecule has 0 saturated carbocycles. The summed E-state index contributed by atoms with van der Waals surface area (Å²) in [5.41, 5.74) is 0.859. The third-order valence-corrected chi connectivity index (χ3v) is 5.24. The molecule has 2 aromatic heterocycles. The standard InChI is InChI=1S/C16H23N5OS/c1-13-15(23-14(2)18-13)16(22)20-7-4-6-19(9-11-20)10-12-21-8-3-5-17-21/h3,5,8H,4,6-7,9-12H2,1-2H3. The van der Waals surface area contributed by atoms with E-state index in [-0.39, 0.29) is 5.91 Å². The van der Waals surface area contributed by atoms with Crippen LogP contribution in [0.3, 0.4) is 0 Å². The fourth-order valence-corrected chi connectivity index (χ4v) is 3.84. The maximum Gasteiger partial charge on any atom is 0.265 e. The molecule has 0 aliphatic carbocycles. The number of rotatable bonds is 4. The Morgan fingerprint density at radius 1 is 1.22 bits per heavy atom. The van der Waals surface area contributed by atoms with Gasteiger partial charge in [-0.1, -0.05) is 0 Å². The summed E-state index contributed by atoms with van der Waals surface area (Å²) in [6.45, 7) is 9.31. The number of hydrogen-bond donors (Lipinski definition) is 0. The van der Waals surface area contributed by atoms with Gasteiger partial charge in [0.2, 0.25) is 0 Å². The molecule has 1 fully saturated rings. The normalized spacial score (nSPS) is 16.5. The molecular formula is C16H23N5OS. The highest BCUT2D eigenvalue weighted by molar-refractivity contribution is 7.13. The minimum Gasteiger partial charge on any atom is -0.337 e. The number of nitrogens with zero attached hydrogens (tertiary/aromatic N) is 5. The third-order valence-electron chi connectivity index (χ3n) is 4.18. The quantitative estimate of drug-likeness (QED) is 0.856. The molecule has 1 aliphatic rings. The summed E-state index contributed by atoms with van der Waals surface area (Å²) in [4.78, 5) is 22.3. The van der Waals surface area contributed by atoms with E-state index >= 15 is 0 Å². The van der Waals surface area contributed by atoms with Gasteiger partial charge < -0.3 is 4.90 Å². The van der Waals surface area contributed by atoms with Crippen LogP contribution >= 0.6 is 11.3 Å². The summed E-state index contributed by atoms with van der Waals surface area (Å²) in [6.07, 6.45) is 4.81. The predicted molar refractivity (Wildman–Crippen MR) is 90.8 cm³/mol. The van der Waals surface area contributed by atoms with Crippen molar-refractivity contribution in [1.82, 2.24) is 24.6 Å². The van der Waals surface area contributed by atoms with Gasteiger partial charge in [-0.05, 0) is 32.9 Å². The summed E-state index contributed by atoms with van der Waals surface area (Å²) in [5, 5.41) is 5.20. The second-order valence-electron chi connectivity index (χ2n) is 5.90. The van der Waals surface area contributed by atoms with E-state index in [1.165, 1.54) is 11.3 Å². The lowest BCUT2D eigenvalue weighted by Gasteiger charge is -2.21. The first-order chi connectivity index (χ1) is 11.1. The van der Waals surface area contributed by atoms with Crippen LogP contribution in [0.1, 0.15) is 26.8 Å². The van der Waals surface area contributed by atoms with E-state index in [0.29, 0.717) is 0 Å². The first-order valence-electron chi connectivity index (χ1n) is 8.06. The second-order valence-corrected chi connectivity index (χ2v) is 7.11. The molecule has 0 aromatic carbocycles. The van der Waals surface area contributed by atoms with Gasteiger partial charge in [0.25, 0.3) is 5.91 Å². The van der Waals surface area contributed by atoms with Gasteiger partial charge in [0.15, 0.2) is 0 Å². The Bertz CT molecular complexity index is 651. The van der Waals surface area contributed by atoms with Crippen LogP contribution in [0.5, 0.6) is 0 Å². The van der Waals surface area contributed by atoms with Crippen LogP contribution in [-0.4, -0.2) is 63.2 Å². The highest BCUT2D eigenvalue weighted by Gasteiger charge is 2.23. The molecule has 0 atom stereocenters. The zero-order valence-corrected chi connectivity index (χ0v) is 14.6. The number of carbonyl (C=O) groups is 1. The molecule has 0 spiro atoms. The molecule has 7 heteroatoms. The average Bonchev–Trinajstić information content (AvgIpc) is 3.08. The average molecular weight is 333 g/mol. The number of amides is 1. The van der Waals surface area contributed by atoms with Crippen LogP contribution in [0.2, 0.25) is 0 Å². The third kappa shape index (κ3) is 3.97. The van der Waals surface area contributed by atoms with E-state index in [2.05, 4.69) is 15.0 Å². The molecule has 1 aliphatic heterocycles.